The number of hydrogen-bond acceptors (Lipinski definition) is 14. The minimum Gasteiger partial charge on any atom is -0.493 e. The van der Waals surface area contributed by atoms with Crippen LogP contribution < -0.4 is 0 Å². The zero-order valence-corrected chi connectivity index (χ0v) is 47.0. The van der Waals surface area contributed by atoms with E-state index in [1.807, 2.05) is 165 Å². The largest absolute Gasteiger partial charge is 0.509 e. The maximum absolute atomic E-state index is 13.7. The molecule has 9 rings (SSSR count). The third-order valence-electron chi connectivity index (χ3n) is 15.3. The molecule has 5 aromatic rings. The Bertz CT molecular complexity index is 2550. The number of carbonyl (C=O) groups excluding carboxylic acids is 1. The second kappa shape index (κ2) is 27.7. The Balaban J connectivity index is 1.08. The molecule has 0 bridgehead atoms. The first kappa shape index (κ1) is 57.4. The lowest BCUT2D eigenvalue weighted by atomic mass is 9.96. The van der Waals surface area contributed by atoms with Gasteiger partial charge in [-0.1, -0.05) is 193 Å². The molecule has 13 atom stereocenters. The van der Waals surface area contributed by atoms with Crippen LogP contribution in [0.1, 0.15) is 76.3 Å². The Labute approximate surface area is 461 Å². The highest BCUT2D eigenvalue weighted by Crippen LogP contribution is 2.44. The van der Waals surface area contributed by atoms with Crippen molar-refractivity contribution in [3.8, 4) is 0 Å². The highest BCUT2D eigenvalue weighted by Gasteiger charge is 2.60. The van der Waals surface area contributed by atoms with Crippen molar-refractivity contribution in [2.24, 2.45) is 0 Å². The van der Waals surface area contributed by atoms with Gasteiger partial charge in [-0.15, -0.1) is 0 Å². The molecule has 0 aromatic heterocycles. The van der Waals surface area contributed by atoms with Gasteiger partial charge in [-0.2, -0.15) is 0 Å². The van der Waals surface area contributed by atoms with E-state index in [1.54, 1.807) is 6.26 Å². The summed E-state index contributed by atoms with van der Waals surface area (Å²) in [6.07, 6.45) is -8.89. The van der Waals surface area contributed by atoms with Gasteiger partial charge in [0.15, 0.2) is 45.3 Å². The lowest BCUT2D eigenvalue weighted by molar-refractivity contribution is -0.374. The van der Waals surface area contributed by atoms with Crippen LogP contribution in [-0.2, 0) is 94.3 Å². The summed E-state index contributed by atoms with van der Waals surface area (Å²) >= 11 is 0. The Morgan fingerprint density at radius 3 is 1.41 bits per heavy atom. The quantitative estimate of drug-likeness (QED) is 0.0383. The van der Waals surface area contributed by atoms with Crippen LogP contribution in [0.25, 0.3) is 0 Å². The summed E-state index contributed by atoms with van der Waals surface area (Å²) < 4.78 is 88.4. The number of hydrogen-bond donors (Lipinski definition) is 0. The number of ether oxygens (including phenoxy) is 12. The normalized spacial score (nSPS) is 28.1. The van der Waals surface area contributed by atoms with Gasteiger partial charge < -0.3 is 61.3 Å². The van der Waals surface area contributed by atoms with Crippen LogP contribution in [-0.4, -0.2) is 107 Å². The smallest absolute Gasteiger partial charge is 0.493 e. The minimum absolute atomic E-state index is 0.110. The van der Waals surface area contributed by atoms with Crippen LogP contribution in [0.2, 0.25) is 16.6 Å². The summed E-state index contributed by atoms with van der Waals surface area (Å²) in [6.45, 7) is 16.9. The van der Waals surface area contributed by atoms with Crippen molar-refractivity contribution in [3.05, 3.63) is 192 Å². The summed E-state index contributed by atoms with van der Waals surface area (Å²) in [5, 5.41) is 0. The third-order valence-corrected chi connectivity index (χ3v) is 21.4. The lowest BCUT2D eigenvalue weighted by Gasteiger charge is -2.49. The fourth-order valence-electron chi connectivity index (χ4n) is 11.5. The second-order valence-corrected chi connectivity index (χ2v) is 27.0. The zero-order valence-electron chi connectivity index (χ0n) is 46.0. The van der Waals surface area contributed by atoms with Gasteiger partial charge in [-0.05, 0) is 57.4 Å². The van der Waals surface area contributed by atoms with E-state index in [0.29, 0.717) is 13.2 Å². The van der Waals surface area contributed by atoms with Gasteiger partial charge in [0.05, 0.1) is 58.6 Å². The summed E-state index contributed by atoms with van der Waals surface area (Å²) in [7, 11) is -2.49. The molecule has 78 heavy (non-hydrogen) atoms. The van der Waals surface area contributed by atoms with E-state index in [-0.39, 0.29) is 49.7 Å². The third kappa shape index (κ3) is 14.4. The molecule has 5 aromatic carbocycles. The van der Waals surface area contributed by atoms with E-state index in [0.717, 1.165) is 27.8 Å². The van der Waals surface area contributed by atoms with Crippen LogP contribution in [0.4, 0.5) is 4.79 Å². The molecule has 0 saturated carbocycles. The van der Waals surface area contributed by atoms with Gasteiger partial charge in [0.2, 0.25) is 0 Å². The molecule has 0 radical (unpaired) electrons. The monoisotopic (exact) mass is 1090 g/mol. The summed E-state index contributed by atoms with van der Waals surface area (Å²) in [5.41, 5.74) is 5.67. The van der Waals surface area contributed by atoms with Crippen LogP contribution in [0.5, 0.6) is 0 Å². The fourth-order valence-corrected chi connectivity index (χ4v) is 17.0. The average molecular weight is 1090 g/mol. The van der Waals surface area contributed by atoms with Crippen molar-refractivity contribution >= 4 is 14.5 Å². The molecule has 0 aliphatic carbocycles. The van der Waals surface area contributed by atoms with Crippen molar-refractivity contribution in [2.75, 3.05) is 13.2 Å². The SMILES string of the molecule is CC(C)[Si](OC[C@H]1O[C@@H](O[C@H]2[C@H](OCc3ccccc3)C=CO[C@@H]2COCc2ccccc2)[C@H](O[C@@H]2O[C@@H](C)[C@@H](OCc3ccccc3)[C@@H](OCc3ccccc3)[C@@H]2OCc2ccccc2)[C@H]2OC(=O)O[C@H]21)(C(C)C)C(C)C. The van der Waals surface area contributed by atoms with E-state index in [1.165, 1.54) is 0 Å². The van der Waals surface area contributed by atoms with Crippen molar-refractivity contribution < 1.29 is 66.1 Å². The highest BCUT2D eigenvalue weighted by molar-refractivity contribution is 6.77. The first-order valence-corrected chi connectivity index (χ1v) is 29.8. The predicted molar refractivity (Wildman–Crippen MR) is 295 cm³/mol. The molecule has 0 amide bonds. The molecule has 0 N–H and O–H groups in total. The molecule has 3 saturated heterocycles. The maximum atomic E-state index is 13.7. The highest BCUT2D eigenvalue weighted by atomic mass is 28.4. The topological polar surface area (TPSA) is 137 Å². The van der Waals surface area contributed by atoms with Crippen molar-refractivity contribution in [1.82, 2.24) is 0 Å². The number of fused-ring (bicyclic) bond motifs is 1. The minimum atomic E-state index is -2.49. The fraction of sp³-hybridized carbons (Fsp3) is 0.476. The molecule has 4 heterocycles. The van der Waals surface area contributed by atoms with E-state index < -0.39 is 94.2 Å². The van der Waals surface area contributed by atoms with Crippen LogP contribution >= 0.6 is 0 Å². The molecule has 15 heteroatoms. The maximum Gasteiger partial charge on any atom is 0.509 e. The number of carbonyl (C=O) groups is 1. The Morgan fingerprint density at radius 2 is 0.897 bits per heavy atom. The molecule has 3 fully saturated rings. The molecule has 4 aliphatic rings. The van der Waals surface area contributed by atoms with Crippen molar-refractivity contribution in [2.45, 2.75) is 178 Å². The van der Waals surface area contributed by atoms with E-state index >= 15 is 0 Å². The van der Waals surface area contributed by atoms with Crippen LogP contribution in [0.3, 0.4) is 0 Å². The van der Waals surface area contributed by atoms with Crippen LogP contribution in [0.15, 0.2) is 164 Å². The van der Waals surface area contributed by atoms with E-state index in [4.69, 9.17) is 61.3 Å². The number of rotatable bonds is 26. The summed E-state index contributed by atoms with van der Waals surface area (Å²) in [4.78, 5) is 13.7. The molecular formula is C63H78O14Si. The first-order chi connectivity index (χ1) is 38.0. The van der Waals surface area contributed by atoms with E-state index in [2.05, 4.69) is 41.5 Å². The second-order valence-electron chi connectivity index (χ2n) is 21.5. The van der Waals surface area contributed by atoms with Crippen LogP contribution in [0, 0.1) is 0 Å². The van der Waals surface area contributed by atoms with Gasteiger partial charge in [0, 0.05) is 0 Å². The molecular weight excluding hydrogens is 1010 g/mol. The van der Waals surface area contributed by atoms with Crippen molar-refractivity contribution in [3.63, 3.8) is 0 Å². The Hall–Kier alpha value is -5.27. The summed E-state index contributed by atoms with van der Waals surface area (Å²) in [5.74, 6) is 0. The van der Waals surface area contributed by atoms with Gasteiger partial charge in [0.25, 0.3) is 0 Å². The Morgan fingerprint density at radius 1 is 0.462 bits per heavy atom. The first-order valence-electron chi connectivity index (χ1n) is 27.7. The molecule has 418 valence electrons. The summed E-state index contributed by atoms with van der Waals surface area (Å²) in [6, 6.07) is 49.7. The van der Waals surface area contributed by atoms with Crippen molar-refractivity contribution in [1.29, 1.82) is 0 Å². The number of benzene rings is 5. The van der Waals surface area contributed by atoms with E-state index in [9.17, 15) is 4.79 Å². The Kier molecular flexibility index (Phi) is 20.4. The predicted octanol–water partition coefficient (Wildman–Crippen LogP) is 11.8. The van der Waals surface area contributed by atoms with Gasteiger partial charge in [-0.25, -0.2) is 4.79 Å². The molecule has 0 spiro atoms. The molecule has 4 aliphatic heterocycles. The molecule has 14 nitrogen and oxygen atoms in total. The molecule has 0 unspecified atom stereocenters. The average Bonchev–Trinajstić information content (AvgIpc) is 3.87. The van der Waals surface area contributed by atoms with Gasteiger partial charge >= 0.3 is 6.16 Å². The standard InChI is InChI=1S/C63H78O14Si/c1-42(2)78(43(3)4,44(5)6)71-41-53-56-58(77-63(64)76-56)60(62(73-53)74-55-51(67-36-47-25-15-9-16-26-47)33-34-66-52(55)40-65-35-46-23-13-8-14-24-46)75-61-59(70-39-50-31-21-12-22-32-50)57(69-38-49-29-19-11-20-30-49)54(45(7)72-61)68-37-48-27-17-10-18-28-48/h8-34,42-45,51-62H,35-41H2,1-7H3/t45-,51+,52+,53+,54+,55-,56-,57+,58-,59-,60+,61-,62-/m0/s1. The van der Waals surface area contributed by atoms with Gasteiger partial charge in [-0.3, -0.25) is 0 Å². The zero-order chi connectivity index (χ0) is 54.4. The lowest BCUT2D eigenvalue weighted by Crippen LogP contribution is -2.65. The van der Waals surface area contributed by atoms with Gasteiger partial charge in [0.1, 0.15) is 36.6 Å².